The topological polar surface area (TPSA) is 36.1 Å². The molecule has 0 aliphatic heterocycles. The summed E-state index contributed by atoms with van der Waals surface area (Å²) < 4.78 is 27.7. The van der Waals surface area contributed by atoms with Gasteiger partial charge in [0.05, 0.1) is 4.60 Å². The van der Waals surface area contributed by atoms with Crippen LogP contribution < -0.4 is 4.90 Å². The molecule has 1 aromatic carbocycles. The van der Waals surface area contributed by atoms with Gasteiger partial charge in [-0.3, -0.25) is 4.79 Å². The van der Waals surface area contributed by atoms with Gasteiger partial charge in [0.25, 0.3) is 5.91 Å². The minimum Gasteiger partial charge on any atom is -0.345 e. The minimum absolute atomic E-state index is 0.243. The second-order valence-corrected chi connectivity index (χ2v) is 4.51. The Kier molecular flexibility index (Phi) is 3.47. The number of carbonyl (C=O) groups excluding carboxylic acids is 1. The van der Waals surface area contributed by atoms with E-state index in [1.54, 1.807) is 6.07 Å². The van der Waals surface area contributed by atoms with Crippen LogP contribution in [0.2, 0.25) is 0 Å². The molecule has 3 nitrogen and oxygen atoms in total. The number of hydrogen-bond acceptors (Lipinski definition) is 1. The molecule has 1 aromatic heterocycles. The third-order valence-corrected chi connectivity index (χ3v) is 2.92. The molecule has 0 radical (unpaired) electrons. The van der Waals surface area contributed by atoms with Gasteiger partial charge in [-0.1, -0.05) is 6.07 Å². The van der Waals surface area contributed by atoms with Gasteiger partial charge in [-0.15, -0.1) is 0 Å². The Labute approximate surface area is 111 Å². The van der Waals surface area contributed by atoms with E-state index in [0.29, 0.717) is 4.60 Å². The average molecular weight is 315 g/mol. The molecule has 18 heavy (non-hydrogen) atoms. The Morgan fingerprint density at radius 3 is 2.33 bits per heavy atom. The second-order valence-electron chi connectivity index (χ2n) is 3.65. The highest BCUT2D eigenvalue weighted by Gasteiger charge is 2.21. The Balaban J connectivity index is 2.37. The van der Waals surface area contributed by atoms with E-state index in [1.165, 1.54) is 19.2 Å². The first kappa shape index (κ1) is 12.8. The number of rotatable bonds is 2. The second kappa shape index (κ2) is 4.89. The predicted molar refractivity (Wildman–Crippen MR) is 67.6 cm³/mol. The van der Waals surface area contributed by atoms with Crippen molar-refractivity contribution < 1.29 is 13.6 Å². The lowest BCUT2D eigenvalue weighted by Crippen LogP contribution is -2.28. The average Bonchev–Trinajstić information content (AvgIpc) is 2.74. The van der Waals surface area contributed by atoms with E-state index in [0.717, 1.165) is 17.0 Å². The van der Waals surface area contributed by atoms with E-state index in [2.05, 4.69) is 20.9 Å². The van der Waals surface area contributed by atoms with Crippen LogP contribution >= 0.6 is 15.9 Å². The first-order chi connectivity index (χ1) is 8.50. The van der Waals surface area contributed by atoms with E-state index in [9.17, 15) is 13.6 Å². The number of para-hydroxylation sites is 1. The summed E-state index contributed by atoms with van der Waals surface area (Å²) in [6.45, 7) is 0. The molecule has 1 heterocycles. The number of aromatic nitrogens is 1. The lowest BCUT2D eigenvalue weighted by molar-refractivity contribution is 0.0987. The van der Waals surface area contributed by atoms with Crippen LogP contribution in [0.1, 0.15) is 10.5 Å². The third kappa shape index (κ3) is 2.28. The molecule has 0 aliphatic carbocycles. The van der Waals surface area contributed by atoms with Crippen molar-refractivity contribution in [2.24, 2.45) is 0 Å². The first-order valence-electron chi connectivity index (χ1n) is 5.07. The van der Waals surface area contributed by atoms with Crippen LogP contribution in [0.25, 0.3) is 0 Å². The van der Waals surface area contributed by atoms with Crippen molar-refractivity contribution in [1.29, 1.82) is 0 Å². The molecule has 6 heteroatoms. The molecule has 0 bridgehead atoms. The van der Waals surface area contributed by atoms with Gasteiger partial charge in [-0.05, 0) is 40.2 Å². The highest BCUT2D eigenvalue weighted by atomic mass is 79.9. The number of nitrogens with one attached hydrogen (secondary N) is 1. The van der Waals surface area contributed by atoms with Crippen molar-refractivity contribution in [3.8, 4) is 0 Å². The molecule has 0 atom stereocenters. The number of anilines is 1. The summed E-state index contributed by atoms with van der Waals surface area (Å²) >= 11 is 3.16. The zero-order valence-electron chi connectivity index (χ0n) is 9.38. The molecule has 0 fully saturated rings. The smallest absolute Gasteiger partial charge is 0.274 e. The maximum Gasteiger partial charge on any atom is 0.274 e. The van der Waals surface area contributed by atoms with Gasteiger partial charge in [0.15, 0.2) is 0 Å². The third-order valence-electron chi connectivity index (χ3n) is 2.46. The van der Waals surface area contributed by atoms with Crippen LogP contribution in [0.4, 0.5) is 14.5 Å². The van der Waals surface area contributed by atoms with E-state index in [-0.39, 0.29) is 11.4 Å². The lowest BCUT2D eigenvalue weighted by atomic mass is 10.2. The molecule has 0 unspecified atom stereocenters. The van der Waals surface area contributed by atoms with Crippen LogP contribution in [0, 0.1) is 11.6 Å². The molecule has 0 saturated heterocycles. The summed E-state index contributed by atoms with van der Waals surface area (Å²) in [5.41, 5.74) is -0.125. The van der Waals surface area contributed by atoms with Crippen molar-refractivity contribution in [2.75, 3.05) is 11.9 Å². The van der Waals surface area contributed by atoms with Gasteiger partial charge >= 0.3 is 0 Å². The molecule has 0 aliphatic rings. The van der Waals surface area contributed by atoms with Gasteiger partial charge < -0.3 is 9.88 Å². The normalized spacial score (nSPS) is 10.4. The molecule has 94 valence electrons. The number of amides is 1. The number of hydrogen-bond donors (Lipinski definition) is 1. The van der Waals surface area contributed by atoms with Crippen molar-refractivity contribution >= 4 is 27.5 Å². The molecule has 0 saturated carbocycles. The fourth-order valence-corrected chi connectivity index (χ4v) is 1.93. The quantitative estimate of drug-likeness (QED) is 0.906. The van der Waals surface area contributed by atoms with E-state index < -0.39 is 17.5 Å². The van der Waals surface area contributed by atoms with Gasteiger partial charge in [-0.2, -0.15) is 0 Å². The number of nitrogens with zero attached hydrogens (tertiary/aromatic N) is 1. The van der Waals surface area contributed by atoms with Crippen LogP contribution in [0.5, 0.6) is 0 Å². The maximum absolute atomic E-state index is 13.5. The zero-order chi connectivity index (χ0) is 13.3. The Hall–Kier alpha value is -1.69. The van der Waals surface area contributed by atoms with E-state index in [1.807, 2.05) is 0 Å². The predicted octanol–water partition coefficient (Wildman–Crippen LogP) is 3.33. The summed E-state index contributed by atoms with van der Waals surface area (Å²) in [5.74, 6) is -2.09. The summed E-state index contributed by atoms with van der Waals surface area (Å²) in [6.07, 6.45) is 0. The largest absolute Gasteiger partial charge is 0.345 e. The molecule has 2 aromatic rings. The van der Waals surface area contributed by atoms with Crippen molar-refractivity contribution in [3.63, 3.8) is 0 Å². The summed E-state index contributed by atoms with van der Waals surface area (Å²) in [5, 5.41) is 0. The van der Waals surface area contributed by atoms with Crippen LogP contribution in [0.3, 0.4) is 0 Å². The molecule has 0 spiro atoms. The Morgan fingerprint density at radius 1 is 1.22 bits per heavy atom. The van der Waals surface area contributed by atoms with Gasteiger partial charge in [0, 0.05) is 7.05 Å². The standard InChI is InChI=1S/C12H9BrF2N2O/c1-17(11-7(14)3-2-4-8(11)15)12(18)9-5-6-10(13)16-9/h2-6,16H,1H3. The van der Waals surface area contributed by atoms with Gasteiger partial charge in [-0.25, -0.2) is 8.78 Å². The fourth-order valence-electron chi connectivity index (χ4n) is 1.58. The van der Waals surface area contributed by atoms with Crippen LogP contribution in [-0.2, 0) is 0 Å². The Morgan fingerprint density at radius 2 is 1.83 bits per heavy atom. The van der Waals surface area contributed by atoms with Crippen molar-refractivity contribution in [1.82, 2.24) is 4.98 Å². The number of halogens is 3. The summed E-state index contributed by atoms with van der Waals surface area (Å²) in [7, 11) is 1.32. The summed E-state index contributed by atoms with van der Waals surface area (Å²) in [4.78, 5) is 15.7. The molecular formula is C12H9BrF2N2O. The number of carbonyl (C=O) groups is 1. The molecular weight excluding hydrogens is 306 g/mol. The lowest BCUT2D eigenvalue weighted by Gasteiger charge is -2.17. The first-order valence-corrected chi connectivity index (χ1v) is 5.86. The molecule has 1 amide bonds. The van der Waals surface area contributed by atoms with Crippen LogP contribution in [-0.4, -0.2) is 17.9 Å². The Bertz CT molecular complexity index is 577. The fraction of sp³-hybridized carbons (Fsp3) is 0.0833. The number of aromatic amines is 1. The highest BCUT2D eigenvalue weighted by Crippen LogP contribution is 2.23. The van der Waals surface area contributed by atoms with E-state index >= 15 is 0 Å². The van der Waals surface area contributed by atoms with E-state index in [4.69, 9.17) is 0 Å². The monoisotopic (exact) mass is 314 g/mol. The van der Waals surface area contributed by atoms with Crippen molar-refractivity contribution in [3.05, 3.63) is 52.3 Å². The zero-order valence-corrected chi connectivity index (χ0v) is 11.0. The van der Waals surface area contributed by atoms with Crippen LogP contribution in [0.15, 0.2) is 34.9 Å². The number of benzene rings is 1. The highest BCUT2D eigenvalue weighted by molar-refractivity contribution is 9.10. The maximum atomic E-state index is 13.5. The molecule has 1 N–H and O–H groups in total. The summed E-state index contributed by atoms with van der Waals surface area (Å²) in [6, 6.07) is 6.62. The van der Waals surface area contributed by atoms with Crippen molar-refractivity contribution in [2.45, 2.75) is 0 Å². The minimum atomic E-state index is -0.781. The van der Waals surface area contributed by atoms with Gasteiger partial charge in [0.2, 0.25) is 0 Å². The SMILES string of the molecule is CN(C(=O)c1ccc(Br)[nH]1)c1c(F)cccc1F. The van der Waals surface area contributed by atoms with Gasteiger partial charge in [0.1, 0.15) is 23.0 Å². The molecule has 2 rings (SSSR count). The number of H-pyrrole nitrogens is 1.